The SMILES string of the molecule is COCC(=O)N1CCC(NC(C)CCCC(F)(F)F)CC1. The van der Waals surface area contributed by atoms with E-state index in [1.165, 1.54) is 7.11 Å². The molecule has 1 aliphatic rings. The zero-order chi connectivity index (χ0) is 15.9. The number of alkyl halides is 3. The van der Waals surface area contributed by atoms with Gasteiger partial charge in [0.15, 0.2) is 0 Å². The van der Waals surface area contributed by atoms with Crippen molar-refractivity contribution < 1.29 is 22.7 Å². The minimum absolute atomic E-state index is 0.00539. The lowest BCUT2D eigenvalue weighted by molar-refractivity contribution is -0.136. The predicted molar refractivity (Wildman–Crippen MR) is 74.0 cm³/mol. The number of likely N-dealkylation sites (tertiary alicyclic amines) is 1. The van der Waals surface area contributed by atoms with Gasteiger partial charge in [0, 0.05) is 38.7 Å². The highest BCUT2D eigenvalue weighted by molar-refractivity contribution is 5.77. The topological polar surface area (TPSA) is 41.6 Å². The molecule has 0 aromatic carbocycles. The van der Waals surface area contributed by atoms with Gasteiger partial charge in [0.1, 0.15) is 6.61 Å². The molecule has 0 radical (unpaired) electrons. The second-order valence-corrected chi connectivity index (χ2v) is 5.66. The number of ether oxygens (including phenoxy) is 1. The molecule has 1 rings (SSSR count). The predicted octanol–water partition coefficient (Wildman–Crippen LogP) is 2.33. The van der Waals surface area contributed by atoms with Crippen LogP contribution in [0, 0.1) is 0 Å². The molecule has 21 heavy (non-hydrogen) atoms. The molecule has 0 spiro atoms. The van der Waals surface area contributed by atoms with Crippen molar-refractivity contribution in [2.75, 3.05) is 26.8 Å². The normalized spacial score (nSPS) is 18.8. The number of methoxy groups -OCH3 is 1. The lowest BCUT2D eigenvalue weighted by Crippen LogP contribution is -2.48. The lowest BCUT2D eigenvalue weighted by atomic mass is 10.0. The third-order valence-corrected chi connectivity index (χ3v) is 3.73. The van der Waals surface area contributed by atoms with Crippen molar-refractivity contribution in [1.82, 2.24) is 10.2 Å². The van der Waals surface area contributed by atoms with Gasteiger partial charge < -0.3 is 15.0 Å². The first kappa shape index (κ1) is 18.2. The number of nitrogens with zero attached hydrogens (tertiary/aromatic N) is 1. The Bertz CT molecular complexity index is 316. The lowest BCUT2D eigenvalue weighted by Gasteiger charge is -2.34. The van der Waals surface area contributed by atoms with Gasteiger partial charge >= 0.3 is 6.18 Å². The highest BCUT2D eigenvalue weighted by Crippen LogP contribution is 2.23. The van der Waals surface area contributed by atoms with E-state index in [0.29, 0.717) is 19.5 Å². The Labute approximate surface area is 124 Å². The molecule has 0 saturated carbocycles. The van der Waals surface area contributed by atoms with Crippen LogP contribution in [0.4, 0.5) is 13.2 Å². The van der Waals surface area contributed by atoms with Gasteiger partial charge in [-0.1, -0.05) is 0 Å². The minimum atomic E-state index is -4.06. The maximum atomic E-state index is 12.1. The molecule has 4 nitrogen and oxygen atoms in total. The molecule has 1 amide bonds. The van der Waals surface area contributed by atoms with Gasteiger partial charge in [0.05, 0.1) is 0 Å². The summed E-state index contributed by atoms with van der Waals surface area (Å²) in [7, 11) is 1.49. The Morgan fingerprint density at radius 1 is 1.38 bits per heavy atom. The molecular formula is C14H25F3N2O2. The van der Waals surface area contributed by atoms with Crippen LogP contribution in [-0.2, 0) is 9.53 Å². The summed E-state index contributed by atoms with van der Waals surface area (Å²) in [6.07, 6.45) is -2.45. The minimum Gasteiger partial charge on any atom is -0.375 e. The first-order valence-electron chi connectivity index (χ1n) is 7.41. The summed E-state index contributed by atoms with van der Waals surface area (Å²) in [4.78, 5) is 13.4. The largest absolute Gasteiger partial charge is 0.389 e. The van der Waals surface area contributed by atoms with E-state index in [-0.39, 0.29) is 31.0 Å². The number of rotatable bonds is 7. The van der Waals surface area contributed by atoms with Crippen molar-refractivity contribution in [3.05, 3.63) is 0 Å². The van der Waals surface area contributed by atoms with Gasteiger partial charge in [-0.25, -0.2) is 0 Å². The molecule has 1 heterocycles. The fourth-order valence-corrected chi connectivity index (χ4v) is 2.60. The van der Waals surface area contributed by atoms with Gasteiger partial charge in [-0.05, 0) is 32.6 Å². The summed E-state index contributed by atoms with van der Waals surface area (Å²) in [5.41, 5.74) is 0. The van der Waals surface area contributed by atoms with E-state index in [9.17, 15) is 18.0 Å². The summed E-state index contributed by atoms with van der Waals surface area (Å²) in [5.74, 6) is -0.00539. The van der Waals surface area contributed by atoms with Crippen molar-refractivity contribution in [3.8, 4) is 0 Å². The van der Waals surface area contributed by atoms with Crippen molar-refractivity contribution in [2.45, 2.75) is 57.3 Å². The fourth-order valence-electron chi connectivity index (χ4n) is 2.60. The number of hydrogen-bond acceptors (Lipinski definition) is 3. The fraction of sp³-hybridized carbons (Fsp3) is 0.929. The van der Waals surface area contributed by atoms with Crippen molar-refractivity contribution >= 4 is 5.91 Å². The van der Waals surface area contributed by atoms with Gasteiger partial charge in [0.2, 0.25) is 5.91 Å². The van der Waals surface area contributed by atoms with Crippen LogP contribution >= 0.6 is 0 Å². The van der Waals surface area contributed by atoms with Gasteiger partial charge in [-0.15, -0.1) is 0 Å². The molecule has 1 unspecified atom stereocenters. The molecule has 1 aliphatic heterocycles. The zero-order valence-corrected chi connectivity index (χ0v) is 12.7. The number of carbonyl (C=O) groups is 1. The van der Waals surface area contributed by atoms with Gasteiger partial charge in [-0.2, -0.15) is 13.2 Å². The Kier molecular flexibility index (Phi) is 7.45. The van der Waals surface area contributed by atoms with Crippen LogP contribution in [0.2, 0.25) is 0 Å². The van der Waals surface area contributed by atoms with Crippen molar-refractivity contribution in [1.29, 1.82) is 0 Å². The number of halogens is 3. The summed E-state index contributed by atoms with van der Waals surface area (Å²) >= 11 is 0. The van der Waals surface area contributed by atoms with Crippen LogP contribution in [-0.4, -0.2) is 55.9 Å². The highest BCUT2D eigenvalue weighted by Gasteiger charge is 2.27. The van der Waals surface area contributed by atoms with Gasteiger partial charge in [0.25, 0.3) is 0 Å². The first-order chi connectivity index (χ1) is 9.81. The van der Waals surface area contributed by atoms with E-state index >= 15 is 0 Å². The summed E-state index contributed by atoms with van der Waals surface area (Å²) in [6, 6.07) is 0.344. The third kappa shape index (κ3) is 7.66. The standard InChI is InChI=1S/C14H25F3N2O2/c1-11(4-3-7-14(15,16)17)18-12-5-8-19(9-6-12)13(20)10-21-2/h11-12,18H,3-10H2,1-2H3. The first-order valence-corrected chi connectivity index (χ1v) is 7.41. The summed E-state index contributed by atoms with van der Waals surface area (Å²) in [6.45, 7) is 3.37. The van der Waals surface area contributed by atoms with Crippen LogP contribution in [0.1, 0.15) is 39.0 Å². The van der Waals surface area contributed by atoms with E-state index in [4.69, 9.17) is 4.74 Å². The average molecular weight is 310 g/mol. The van der Waals surface area contributed by atoms with E-state index < -0.39 is 12.6 Å². The number of nitrogens with one attached hydrogen (secondary N) is 1. The van der Waals surface area contributed by atoms with Gasteiger partial charge in [-0.3, -0.25) is 4.79 Å². The molecule has 1 saturated heterocycles. The number of carbonyl (C=O) groups excluding carboxylic acids is 1. The Balaban J connectivity index is 2.18. The van der Waals surface area contributed by atoms with E-state index in [1.54, 1.807) is 4.90 Å². The van der Waals surface area contributed by atoms with E-state index in [1.807, 2.05) is 6.92 Å². The molecule has 7 heteroatoms. The molecule has 0 aromatic heterocycles. The number of amides is 1. The summed E-state index contributed by atoms with van der Waals surface area (Å²) in [5, 5.41) is 3.36. The highest BCUT2D eigenvalue weighted by atomic mass is 19.4. The van der Waals surface area contributed by atoms with Crippen molar-refractivity contribution in [3.63, 3.8) is 0 Å². The molecule has 0 aliphatic carbocycles. The van der Waals surface area contributed by atoms with Crippen LogP contribution < -0.4 is 5.32 Å². The Morgan fingerprint density at radius 2 is 2.00 bits per heavy atom. The molecular weight excluding hydrogens is 285 g/mol. The Hall–Kier alpha value is -0.820. The zero-order valence-electron chi connectivity index (χ0n) is 12.7. The monoisotopic (exact) mass is 310 g/mol. The smallest absolute Gasteiger partial charge is 0.375 e. The second kappa shape index (κ2) is 8.58. The molecule has 0 bridgehead atoms. The average Bonchev–Trinajstić information content (AvgIpc) is 2.38. The number of hydrogen-bond donors (Lipinski definition) is 1. The molecule has 0 aromatic rings. The quantitative estimate of drug-likeness (QED) is 0.785. The Morgan fingerprint density at radius 3 is 2.52 bits per heavy atom. The van der Waals surface area contributed by atoms with Crippen LogP contribution in [0.15, 0.2) is 0 Å². The van der Waals surface area contributed by atoms with Crippen molar-refractivity contribution in [2.24, 2.45) is 0 Å². The molecule has 1 N–H and O–H groups in total. The van der Waals surface area contributed by atoms with Crippen LogP contribution in [0.5, 0.6) is 0 Å². The molecule has 1 atom stereocenters. The third-order valence-electron chi connectivity index (χ3n) is 3.73. The molecule has 1 fully saturated rings. The second-order valence-electron chi connectivity index (χ2n) is 5.66. The molecule has 124 valence electrons. The maximum absolute atomic E-state index is 12.1. The van der Waals surface area contributed by atoms with E-state index in [2.05, 4.69) is 5.32 Å². The van der Waals surface area contributed by atoms with Crippen LogP contribution in [0.3, 0.4) is 0 Å². The van der Waals surface area contributed by atoms with Crippen LogP contribution in [0.25, 0.3) is 0 Å². The van der Waals surface area contributed by atoms with E-state index in [0.717, 1.165) is 12.8 Å². The summed E-state index contributed by atoms with van der Waals surface area (Å²) < 4.78 is 41.1. The maximum Gasteiger partial charge on any atom is 0.389 e. The number of piperidine rings is 1.